The van der Waals surface area contributed by atoms with Crippen molar-refractivity contribution >= 4 is 34.3 Å². The van der Waals surface area contributed by atoms with Crippen LogP contribution in [0.1, 0.15) is 35.8 Å². The van der Waals surface area contributed by atoms with Crippen LogP contribution < -0.4 is 10.3 Å². The summed E-state index contributed by atoms with van der Waals surface area (Å²) in [5, 5.41) is 9.54. The Labute approximate surface area is 206 Å². The summed E-state index contributed by atoms with van der Waals surface area (Å²) in [6, 6.07) is 6.50. The van der Waals surface area contributed by atoms with Crippen molar-refractivity contribution in [1.82, 2.24) is 10.2 Å². The molecule has 1 unspecified atom stereocenters. The van der Waals surface area contributed by atoms with Gasteiger partial charge in [-0.3, -0.25) is 5.01 Å². The van der Waals surface area contributed by atoms with E-state index in [1.54, 1.807) is 11.1 Å². The number of hydrogen-bond donors (Lipinski definition) is 1. The van der Waals surface area contributed by atoms with Crippen LogP contribution in [0.3, 0.4) is 0 Å². The van der Waals surface area contributed by atoms with E-state index in [1.165, 1.54) is 23.5 Å². The Morgan fingerprint density at radius 2 is 2.06 bits per heavy atom. The summed E-state index contributed by atoms with van der Waals surface area (Å²) in [7, 11) is 1.84. The van der Waals surface area contributed by atoms with Crippen LogP contribution in [-0.4, -0.2) is 50.4 Å². The van der Waals surface area contributed by atoms with Crippen molar-refractivity contribution in [2.24, 2.45) is 11.0 Å². The fraction of sp³-hybridized carbons (Fsp3) is 0.542. The third kappa shape index (κ3) is 4.26. The van der Waals surface area contributed by atoms with Gasteiger partial charge in [0.1, 0.15) is 18.0 Å². The molecule has 4 heterocycles. The fourth-order valence-corrected chi connectivity index (χ4v) is 6.77. The first-order valence-electron chi connectivity index (χ1n) is 11.5. The van der Waals surface area contributed by atoms with Crippen LogP contribution >= 0.6 is 22.9 Å². The molecular formula is C24H28ClF3N4OS. The number of alkyl halides is 2. The Morgan fingerprint density at radius 3 is 2.79 bits per heavy atom. The van der Waals surface area contributed by atoms with Crippen molar-refractivity contribution in [3.05, 3.63) is 50.4 Å². The first-order chi connectivity index (χ1) is 16.2. The highest BCUT2D eigenvalue weighted by Gasteiger charge is 2.51. The van der Waals surface area contributed by atoms with Crippen LogP contribution in [0.15, 0.2) is 29.4 Å². The third-order valence-corrected chi connectivity index (χ3v) is 8.59. The lowest BCUT2D eigenvalue weighted by molar-refractivity contribution is -0.181. The number of rotatable bonds is 5. The van der Waals surface area contributed by atoms with E-state index in [0.717, 1.165) is 30.9 Å². The lowest BCUT2D eigenvalue weighted by Gasteiger charge is -2.45. The number of hydrazone groups is 1. The minimum absolute atomic E-state index is 0.0267. The Morgan fingerprint density at radius 1 is 1.29 bits per heavy atom. The van der Waals surface area contributed by atoms with E-state index in [2.05, 4.69) is 15.3 Å². The van der Waals surface area contributed by atoms with Gasteiger partial charge in [-0.25, -0.2) is 4.39 Å². The van der Waals surface area contributed by atoms with Gasteiger partial charge in [0.25, 0.3) is 5.92 Å². The molecule has 1 N–H and O–H groups in total. The van der Waals surface area contributed by atoms with E-state index < -0.39 is 18.1 Å². The number of para-hydroxylation sites is 1. The van der Waals surface area contributed by atoms with Gasteiger partial charge >= 0.3 is 0 Å². The molecule has 1 saturated heterocycles. The molecule has 5 nitrogen and oxygen atoms in total. The maximum absolute atomic E-state index is 14.7. The first kappa shape index (κ1) is 24.1. The standard InChI is InChI=1S/C24H28ClF3N4OS/c1-15-17(13-32(30-15)21-16(11-29-2)4-3-5-19(21)26)12-31-8-6-23(7-9-31)22-18(10-20(25)34-22)24(27,28)14-33-23/h3-5,10,17,29H,6-9,11-14H2,1-2H3. The van der Waals surface area contributed by atoms with Gasteiger partial charge < -0.3 is 15.0 Å². The normalized spacial score (nSPS) is 23.9. The van der Waals surface area contributed by atoms with Crippen LogP contribution in [0, 0.1) is 11.7 Å². The molecule has 1 aromatic heterocycles. The van der Waals surface area contributed by atoms with Gasteiger partial charge in [0.05, 0.1) is 16.6 Å². The van der Waals surface area contributed by atoms with Crippen molar-refractivity contribution < 1.29 is 17.9 Å². The number of ether oxygens (including phenoxy) is 1. The van der Waals surface area contributed by atoms with Gasteiger partial charge in [0.2, 0.25) is 0 Å². The molecule has 0 saturated carbocycles. The van der Waals surface area contributed by atoms with Crippen molar-refractivity contribution in [3.8, 4) is 0 Å². The van der Waals surface area contributed by atoms with Crippen LogP contribution in [0.4, 0.5) is 18.9 Å². The average molecular weight is 513 g/mol. The average Bonchev–Trinajstić information content (AvgIpc) is 3.37. The van der Waals surface area contributed by atoms with Gasteiger partial charge in [0.15, 0.2) is 0 Å². The van der Waals surface area contributed by atoms with Gasteiger partial charge in [-0.15, -0.1) is 11.3 Å². The summed E-state index contributed by atoms with van der Waals surface area (Å²) in [6.45, 7) is 4.80. The Kier molecular flexibility index (Phi) is 6.44. The topological polar surface area (TPSA) is 40.1 Å². The smallest absolute Gasteiger partial charge is 0.297 e. The van der Waals surface area contributed by atoms with Gasteiger partial charge in [-0.1, -0.05) is 23.7 Å². The number of nitrogens with one attached hydrogen (secondary N) is 1. The molecule has 3 aliphatic heterocycles. The Balaban J connectivity index is 1.26. The number of fused-ring (bicyclic) bond motifs is 2. The predicted octanol–water partition coefficient (Wildman–Crippen LogP) is 5.19. The lowest BCUT2D eigenvalue weighted by atomic mass is 9.84. The van der Waals surface area contributed by atoms with Crippen LogP contribution in [0.2, 0.25) is 4.34 Å². The molecule has 3 aliphatic rings. The van der Waals surface area contributed by atoms with Crippen LogP contribution in [-0.2, 0) is 22.8 Å². The van der Waals surface area contributed by atoms with Crippen molar-refractivity contribution in [3.63, 3.8) is 0 Å². The predicted molar refractivity (Wildman–Crippen MR) is 130 cm³/mol. The molecule has 0 radical (unpaired) electrons. The molecule has 5 rings (SSSR count). The molecule has 0 bridgehead atoms. The lowest BCUT2D eigenvalue weighted by Crippen LogP contribution is -2.50. The number of benzene rings is 1. The zero-order chi connectivity index (χ0) is 24.1. The SMILES string of the molecule is CNCc1cccc(F)c1N1CC(CN2CCC3(CC2)OCC(F)(F)c2cc(Cl)sc23)C(C)=N1. The Bertz CT molecular complexity index is 1100. The number of likely N-dealkylation sites (tertiary alicyclic amines) is 1. The van der Waals surface area contributed by atoms with Crippen molar-refractivity contribution in [2.45, 2.75) is 37.8 Å². The summed E-state index contributed by atoms with van der Waals surface area (Å²) in [4.78, 5) is 2.91. The number of halogens is 4. The van der Waals surface area contributed by atoms with Crippen LogP contribution in [0.5, 0.6) is 0 Å². The highest BCUT2D eigenvalue weighted by atomic mass is 35.5. The molecule has 0 amide bonds. The second kappa shape index (κ2) is 9.09. The second-order valence-electron chi connectivity index (χ2n) is 9.38. The quantitative estimate of drug-likeness (QED) is 0.599. The number of anilines is 1. The molecular weight excluding hydrogens is 485 g/mol. The molecule has 184 valence electrons. The molecule has 34 heavy (non-hydrogen) atoms. The second-order valence-corrected chi connectivity index (χ2v) is 11.1. The van der Waals surface area contributed by atoms with Crippen molar-refractivity contribution in [2.75, 3.05) is 44.8 Å². The van der Waals surface area contributed by atoms with E-state index in [4.69, 9.17) is 16.3 Å². The third-order valence-electron chi connectivity index (χ3n) is 7.14. The summed E-state index contributed by atoms with van der Waals surface area (Å²) < 4.78 is 49.7. The summed E-state index contributed by atoms with van der Waals surface area (Å²) >= 11 is 7.33. The van der Waals surface area contributed by atoms with Gasteiger partial charge in [-0.05, 0) is 44.5 Å². The molecule has 10 heteroatoms. The Hall–Kier alpha value is -1.65. The van der Waals surface area contributed by atoms with Gasteiger partial charge in [-0.2, -0.15) is 13.9 Å². The van der Waals surface area contributed by atoms with E-state index >= 15 is 0 Å². The highest BCUT2D eigenvalue weighted by Crippen LogP contribution is 2.52. The number of piperidine rings is 1. The molecule has 0 aliphatic carbocycles. The number of thiophene rings is 1. The molecule has 1 atom stereocenters. The maximum atomic E-state index is 14.7. The highest BCUT2D eigenvalue weighted by molar-refractivity contribution is 7.16. The van der Waals surface area contributed by atoms with E-state index in [9.17, 15) is 13.2 Å². The van der Waals surface area contributed by atoms with E-state index in [0.29, 0.717) is 40.8 Å². The monoisotopic (exact) mass is 512 g/mol. The summed E-state index contributed by atoms with van der Waals surface area (Å²) in [5.74, 6) is -3.11. The van der Waals surface area contributed by atoms with E-state index in [-0.39, 0.29) is 17.3 Å². The molecule has 1 spiro atoms. The first-order valence-corrected chi connectivity index (χ1v) is 12.7. The fourth-order valence-electron chi connectivity index (χ4n) is 5.29. The molecule has 2 aromatic rings. The zero-order valence-electron chi connectivity index (χ0n) is 19.2. The maximum Gasteiger partial charge on any atom is 0.297 e. The summed E-state index contributed by atoms with van der Waals surface area (Å²) in [5.41, 5.74) is 1.70. The van der Waals surface area contributed by atoms with Crippen LogP contribution in [0.25, 0.3) is 0 Å². The largest absolute Gasteiger partial charge is 0.363 e. The van der Waals surface area contributed by atoms with Crippen molar-refractivity contribution in [1.29, 1.82) is 0 Å². The molecule has 1 fully saturated rings. The minimum Gasteiger partial charge on any atom is -0.363 e. The minimum atomic E-state index is -3.00. The van der Waals surface area contributed by atoms with Gasteiger partial charge in [0, 0.05) is 48.2 Å². The number of hydrogen-bond acceptors (Lipinski definition) is 6. The zero-order valence-corrected chi connectivity index (χ0v) is 20.8. The number of nitrogens with zero attached hydrogens (tertiary/aromatic N) is 3. The summed E-state index contributed by atoms with van der Waals surface area (Å²) in [6.07, 6.45) is 1.28. The van der Waals surface area contributed by atoms with E-state index in [1.807, 2.05) is 20.0 Å². The molecule has 1 aromatic carbocycles.